The second-order valence-corrected chi connectivity index (χ2v) is 7.59. The molecule has 0 fully saturated rings. The van der Waals surface area contributed by atoms with Crippen molar-refractivity contribution >= 4 is 38.6 Å². The summed E-state index contributed by atoms with van der Waals surface area (Å²) in [6, 6.07) is 0.823. The highest BCUT2D eigenvalue weighted by Gasteiger charge is 2.26. The van der Waals surface area contributed by atoms with Crippen LogP contribution in [-0.2, 0) is 10.0 Å². The van der Waals surface area contributed by atoms with Crippen LogP contribution in [0.15, 0.2) is 10.3 Å². The molecule has 1 aromatic heterocycles. The Bertz CT molecular complexity index is 556. The molecule has 108 valence electrons. The summed E-state index contributed by atoms with van der Waals surface area (Å²) in [5, 5.41) is 10.7. The molecule has 0 saturated carbocycles. The smallest absolute Gasteiger partial charge is 0.258 e. The summed E-state index contributed by atoms with van der Waals surface area (Å²) in [5.41, 5.74) is -0.379. The number of sulfonamides is 1. The molecule has 0 aliphatic rings. The lowest BCUT2D eigenvalue weighted by atomic mass is 10.1. The van der Waals surface area contributed by atoms with E-state index in [2.05, 4.69) is 4.72 Å². The molecule has 9 heteroatoms. The van der Waals surface area contributed by atoms with E-state index in [1.165, 1.54) is 0 Å². The zero-order valence-corrected chi connectivity index (χ0v) is 12.9. The first kappa shape index (κ1) is 16.4. The van der Waals surface area contributed by atoms with Crippen LogP contribution in [0.4, 0.5) is 5.69 Å². The number of rotatable bonds is 7. The van der Waals surface area contributed by atoms with Gasteiger partial charge in [-0.3, -0.25) is 10.1 Å². The van der Waals surface area contributed by atoms with E-state index in [0.717, 1.165) is 18.9 Å². The van der Waals surface area contributed by atoms with E-state index in [0.29, 0.717) is 17.8 Å². The maximum absolute atomic E-state index is 12.1. The van der Waals surface area contributed by atoms with Crippen molar-refractivity contribution in [1.82, 2.24) is 4.72 Å². The second kappa shape index (κ2) is 6.65. The Morgan fingerprint density at radius 1 is 1.53 bits per heavy atom. The molecule has 1 rings (SSSR count). The highest BCUT2D eigenvalue weighted by molar-refractivity contribution is 7.91. The van der Waals surface area contributed by atoms with Crippen LogP contribution < -0.4 is 4.72 Å². The van der Waals surface area contributed by atoms with Crippen molar-refractivity contribution in [3.63, 3.8) is 0 Å². The normalized spacial score (nSPS) is 13.4. The molecule has 1 N–H and O–H groups in total. The number of thiophene rings is 1. The van der Waals surface area contributed by atoms with Crippen LogP contribution in [0.2, 0.25) is 4.34 Å². The molecule has 0 bridgehead atoms. The average Bonchev–Trinajstić information content (AvgIpc) is 2.71. The molecule has 0 spiro atoms. The zero-order chi connectivity index (χ0) is 14.6. The van der Waals surface area contributed by atoms with E-state index in [9.17, 15) is 18.5 Å². The predicted molar refractivity (Wildman–Crippen MR) is 75.3 cm³/mol. The Hall–Kier alpha value is -0.700. The third-order valence-corrected chi connectivity index (χ3v) is 5.89. The minimum Gasteiger partial charge on any atom is -0.258 e. The summed E-state index contributed by atoms with van der Waals surface area (Å²) < 4.78 is 26.4. The predicted octanol–water partition coefficient (Wildman–Crippen LogP) is 3.17. The second-order valence-electron chi connectivity index (χ2n) is 4.00. The van der Waals surface area contributed by atoms with Crippen molar-refractivity contribution in [2.45, 2.75) is 43.4 Å². The molecule has 6 nitrogen and oxygen atoms in total. The maximum atomic E-state index is 12.1. The van der Waals surface area contributed by atoms with E-state index >= 15 is 0 Å². The first-order chi connectivity index (χ1) is 8.81. The average molecular weight is 327 g/mol. The fourth-order valence-corrected chi connectivity index (χ4v) is 4.60. The van der Waals surface area contributed by atoms with Crippen molar-refractivity contribution in [1.29, 1.82) is 0 Å². The molecular formula is C10H15ClN2O4S2. The number of nitro groups is 1. The SMILES string of the molecule is CCCC(CC)NS(=O)(=O)c1cc([N+](=O)[O-])c(Cl)s1. The van der Waals surface area contributed by atoms with Gasteiger partial charge >= 0.3 is 0 Å². The van der Waals surface area contributed by atoms with Crippen molar-refractivity contribution in [3.8, 4) is 0 Å². The molecule has 1 aromatic rings. The Morgan fingerprint density at radius 3 is 2.58 bits per heavy atom. The molecule has 0 aromatic carbocycles. The molecule has 0 radical (unpaired) electrons. The number of nitrogens with zero attached hydrogens (tertiary/aromatic N) is 1. The van der Waals surface area contributed by atoms with E-state index in [1.807, 2.05) is 13.8 Å². The summed E-state index contributed by atoms with van der Waals surface area (Å²) in [6.07, 6.45) is 2.23. The zero-order valence-electron chi connectivity index (χ0n) is 10.6. The van der Waals surface area contributed by atoms with Crippen LogP contribution in [0.25, 0.3) is 0 Å². The van der Waals surface area contributed by atoms with Gasteiger partial charge in [0.05, 0.1) is 4.92 Å². The number of nitrogens with one attached hydrogen (secondary N) is 1. The number of hydrogen-bond donors (Lipinski definition) is 1. The first-order valence-electron chi connectivity index (χ1n) is 5.77. The van der Waals surface area contributed by atoms with Gasteiger partial charge in [0.25, 0.3) is 15.7 Å². The molecule has 0 aliphatic heterocycles. The third-order valence-electron chi connectivity index (χ3n) is 2.56. The lowest BCUT2D eigenvalue weighted by molar-refractivity contribution is -0.384. The van der Waals surface area contributed by atoms with E-state index < -0.39 is 14.9 Å². The molecule has 19 heavy (non-hydrogen) atoms. The standard InChI is InChI=1S/C10H15ClN2O4S2/c1-3-5-7(4-2)12-19(16,17)9-6-8(13(14)15)10(11)18-9/h6-7,12H,3-5H2,1-2H3. The minimum atomic E-state index is -3.75. The largest absolute Gasteiger partial charge is 0.300 e. The van der Waals surface area contributed by atoms with Crippen molar-refractivity contribution in [2.24, 2.45) is 0 Å². The molecule has 1 heterocycles. The highest BCUT2D eigenvalue weighted by Crippen LogP contribution is 2.36. The minimum absolute atomic E-state index is 0.126. The van der Waals surface area contributed by atoms with Gasteiger partial charge in [0.2, 0.25) is 0 Å². The molecule has 0 saturated heterocycles. The van der Waals surface area contributed by atoms with Gasteiger partial charge in [-0.1, -0.05) is 31.9 Å². The van der Waals surface area contributed by atoms with E-state index in [-0.39, 0.29) is 20.3 Å². The van der Waals surface area contributed by atoms with Gasteiger partial charge in [-0.2, -0.15) is 0 Å². The monoisotopic (exact) mass is 326 g/mol. The molecular weight excluding hydrogens is 312 g/mol. The first-order valence-corrected chi connectivity index (χ1v) is 8.45. The van der Waals surface area contributed by atoms with Crippen LogP contribution in [0.3, 0.4) is 0 Å². The Kier molecular flexibility index (Phi) is 5.72. The Balaban J connectivity index is 3.00. The summed E-state index contributed by atoms with van der Waals surface area (Å²) in [6.45, 7) is 3.84. The van der Waals surface area contributed by atoms with E-state index in [4.69, 9.17) is 11.6 Å². The van der Waals surface area contributed by atoms with Gasteiger partial charge in [-0.25, -0.2) is 13.1 Å². The maximum Gasteiger partial charge on any atom is 0.300 e. The summed E-state index contributed by atoms with van der Waals surface area (Å²) in [4.78, 5) is 9.96. The lowest BCUT2D eigenvalue weighted by Gasteiger charge is -2.14. The summed E-state index contributed by atoms with van der Waals surface area (Å²) in [5.74, 6) is 0. The molecule has 1 unspecified atom stereocenters. The van der Waals surface area contributed by atoms with Gasteiger partial charge < -0.3 is 0 Å². The summed E-state index contributed by atoms with van der Waals surface area (Å²) >= 11 is 6.36. The molecule has 1 atom stereocenters. The third kappa shape index (κ3) is 4.13. The highest BCUT2D eigenvalue weighted by atomic mass is 35.5. The number of halogens is 1. The van der Waals surface area contributed by atoms with Gasteiger partial charge in [-0.05, 0) is 12.8 Å². The van der Waals surface area contributed by atoms with Crippen LogP contribution in [-0.4, -0.2) is 19.4 Å². The van der Waals surface area contributed by atoms with Crippen molar-refractivity contribution in [3.05, 3.63) is 20.5 Å². The Morgan fingerprint density at radius 2 is 2.16 bits per heavy atom. The molecule has 0 amide bonds. The van der Waals surface area contributed by atoms with E-state index in [1.54, 1.807) is 0 Å². The van der Waals surface area contributed by atoms with Crippen LogP contribution in [0, 0.1) is 10.1 Å². The topological polar surface area (TPSA) is 89.3 Å². The van der Waals surface area contributed by atoms with Crippen LogP contribution in [0.1, 0.15) is 33.1 Å². The fraction of sp³-hybridized carbons (Fsp3) is 0.600. The van der Waals surface area contributed by atoms with Gasteiger partial charge in [-0.15, -0.1) is 11.3 Å². The number of hydrogen-bond acceptors (Lipinski definition) is 5. The van der Waals surface area contributed by atoms with Crippen LogP contribution in [0.5, 0.6) is 0 Å². The fourth-order valence-electron chi connectivity index (χ4n) is 1.57. The van der Waals surface area contributed by atoms with Crippen molar-refractivity contribution in [2.75, 3.05) is 0 Å². The summed E-state index contributed by atoms with van der Waals surface area (Å²) in [7, 11) is -3.75. The van der Waals surface area contributed by atoms with Gasteiger partial charge in [0.15, 0.2) is 4.34 Å². The van der Waals surface area contributed by atoms with Gasteiger partial charge in [0, 0.05) is 12.1 Å². The quantitative estimate of drug-likeness (QED) is 0.615. The molecule has 0 aliphatic carbocycles. The lowest BCUT2D eigenvalue weighted by Crippen LogP contribution is -2.33. The van der Waals surface area contributed by atoms with Crippen molar-refractivity contribution < 1.29 is 13.3 Å². The van der Waals surface area contributed by atoms with Gasteiger partial charge in [0.1, 0.15) is 4.21 Å². The van der Waals surface area contributed by atoms with Crippen LogP contribution >= 0.6 is 22.9 Å². The Labute approximate surface area is 121 Å².